The van der Waals surface area contributed by atoms with Gasteiger partial charge in [0.25, 0.3) is 5.91 Å². The van der Waals surface area contributed by atoms with Crippen LogP contribution >= 0.6 is 0 Å². The van der Waals surface area contributed by atoms with Crippen molar-refractivity contribution >= 4 is 11.6 Å². The third-order valence-electron chi connectivity index (χ3n) is 4.82. The number of likely N-dealkylation sites (N-methyl/N-ethyl adjacent to an activating group) is 1. The highest BCUT2D eigenvalue weighted by Crippen LogP contribution is 2.27. The highest BCUT2D eigenvalue weighted by molar-refractivity contribution is 5.93. The third kappa shape index (κ3) is 5.89. The minimum atomic E-state index is -0.174. The van der Waals surface area contributed by atoms with Crippen LogP contribution < -0.4 is 24.4 Å². The average Bonchev–Trinajstić information content (AvgIpc) is 2.72. The molecule has 2 atom stereocenters. The molecule has 0 aliphatic carbocycles. The first-order valence-corrected chi connectivity index (χ1v) is 9.55. The number of amides is 1. The van der Waals surface area contributed by atoms with Gasteiger partial charge in [-0.25, -0.2) is 0 Å². The number of carbonyl (C=O) groups excluding carboxylic acids is 1. The van der Waals surface area contributed by atoms with Gasteiger partial charge in [-0.1, -0.05) is 6.07 Å². The van der Waals surface area contributed by atoms with Crippen molar-refractivity contribution in [2.24, 2.45) is 0 Å². The van der Waals surface area contributed by atoms with E-state index in [4.69, 9.17) is 14.2 Å². The molecule has 0 fully saturated rings. The summed E-state index contributed by atoms with van der Waals surface area (Å²) >= 11 is 0. The second-order valence-electron chi connectivity index (χ2n) is 6.70. The van der Waals surface area contributed by atoms with Crippen molar-refractivity contribution in [1.82, 2.24) is 0 Å². The van der Waals surface area contributed by atoms with Crippen molar-refractivity contribution < 1.29 is 23.9 Å². The van der Waals surface area contributed by atoms with Gasteiger partial charge in [-0.2, -0.15) is 0 Å². The van der Waals surface area contributed by atoms with Crippen LogP contribution in [0.25, 0.3) is 0 Å². The zero-order chi connectivity index (χ0) is 20.5. The Morgan fingerprint density at radius 2 is 1.75 bits per heavy atom. The first kappa shape index (κ1) is 21.6. The molecule has 2 aromatic carbocycles. The summed E-state index contributed by atoms with van der Waals surface area (Å²) in [5.74, 6) is 2.23. The summed E-state index contributed by atoms with van der Waals surface area (Å²) in [5.41, 5.74) is 1.92. The lowest BCUT2D eigenvalue weighted by molar-refractivity contribution is -0.893. The van der Waals surface area contributed by atoms with E-state index in [1.165, 1.54) is 0 Å². The van der Waals surface area contributed by atoms with Crippen LogP contribution in [0.1, 0.15) is 19.4 Å². The molecule has 6 heteroatoms. The molecule has 0 bridgehead atoms. The van der Waals surface area contributed by atoms with Gasteiger partial charge in [-0.05, 0) is 55.8 Å². The van der Waals surface area contributed by atoms with E-state index < -0.39 is 0 Å². The number of carbonyl (C=O) groups is 1. The van der Waals surface area contributed by atoms with Crippen molar-refractivity contribution in [2.45, 2.75) is 26.3 Å². The Balaban J connectivity index is 1.89. The summed E-state index contributed by atoms with van der Waals surface area (Å²) in [5, 5.41) is 2.97. The number of hydrogen-bond acceptors (Lipinski definition) is 4. The van der Waals surface area contributed by atoms with Crippen LogP contribution in [0.4, 0.5) is 5.69 Å². The van der Waals surface area contributed by atoms with E-state index in [0.717, 1.165) is 46.4 Å². The van der Waals surface area contributed by atoms with E-state index in [9.17, 15) is 4.79 Å². The molecule has 2 aromatic rings. The van der Waals surface area contributed by atoms with Gasteiger partial charge < -0.3 is 24.4 Å². The number of rotatable bonds is 10. The molecule has 6 nitrogen and oxygen atoms in total. The lowest BCUT2D eigenvalue weighted by Crippen LogP contribution is -3.14. The molecule has 152 valence electrons. The molecule has 0 aliphatic heterocycles. The molecule has 2 N–H and O–H groups in total. The molecule has 1 unspecified atom stereocenters. The maximum atomic E-state index is 12.6. The summed E-state index contributed by atoms with van der Waals surface area (Å²) in [6, 6.07) is 13.2. The Morgan fingerprint density at radius 1 is 1.07 bits per heavy atom. The standard InChI is InChI=1S/C22H30N2O4/c1-6-28-19-10-8-18(9-11-19)23-22(25)16(2)24(3)14-13-17-7-12-20(26-4)21(15-17)27-5/h7-12,15-16H,6,13-14H2,1-5H3,(H,23,25)/p+1/t16-/m0/s1. The molecule has 28 heavy (non-hydrogen) atoms. The zero-order valence-corrected chi connectivity index (χ0v) is 17.4. The Morgan fingerprint density at radius 3 is 2.36 bits per heavy atom. The second-order valence-corrected chi connectivity index (χ2v) is 6.70. The fraction of sp³-hybridized carbons (Fsp3) is 0.409. The fourth-order valence-corrected chi connectivity index (χ4v) is 2.87. The number of methoxy groups -OCH3 is 2. The van der Waals surface area contributed by atoms with Crippen molar-refractivity contribution in [1.29, 1.82) is 0 Å². The molecular formula is C22H31N2O4+. The van der Waals surface area contributed by atoms with Crippen LogP contribution in [0.5, 0.6) is 17.2 Å². The second kappa shape index (κ2) is 10.6. The summed E-state index contributed by atoms with van der Waals surface area (Å²) in [6.07, 6.45) is 0.840. The molecule has 0 heterocycles. The van der Waals surface area contributed by atoms with Crippen LogP contribution in [0, 0.1) is 0 Å². The first-order valence-electron chi connectivity index (χ1n) is 9.55. The molecular weight excluding hydrogens is 356 g/mol. The molecule has 0 spiro atoms. The fourth-order valence-electron chi connectivity index (χ4n) is 2.87. The minimum Gasteiger partial charge on any atom is -0.494 e. The van der Waals surface area contributed by atoms with E-state index in [-0.39, 0.29) is 11.9 Å². The molecule has 0 aliphatic rings. The van der Waals surface area contributed by atoms with E-state index in [1.54, 1.807) is 14.2 Å². The molecule has 0 saturated heterocycles. The van der Waals surface area contributed by atoms with Gasteiger partial charge >= 0.3 is 0 Å². The van der Waals surface area contributed by atoms with E-state index in [2.05, 4.69) is 5.32 Å². The largest absolute Gasteiger partial charge is 0.494 e. The number of hydrogen-bond donors (Lipinski definition) is 2. The zero-order valence-electron chi connectivity index (χ0n) is 17.4. The molecule has 1 amide bonds. The molecule has 0 saturated carbocycles. The number of benzene rings is 2. The van der Waals surface area contributed by atoms with Crippen LogP contribution in [0.15, 0.2) is 42.5 Å². The van der Waals surface area contributed by atoms with Crippen LogP contribution in [-0.2, 0) is 11.2 Å². The van der Waals surface area contributed by atoms with Gasteiger partial charge in [0.1, 0.15) is 5.75 Å². The monoisotopic (exact) mass is 387 g/mol. The van der Waals surface area contributed by atoms with Gasteiger partial charge in [-0.15, -0.1) is 0 Å². The quantitative estimate of drug-likeness (QED) is 0.656. The minimum absolute atomic E-state index is 0.00558. The number of ether oxygens (including phenoxy) is 3. The van der Waals surface area contributed by atoms with Crippen molar-refractivity contribution in [3.05, 3.63) is 48.0 Å². The van der Waals surface area contributed by atoms with Gasteiger partial charge in [0.15, 0.2) is 17.5 Å². The average molecular weight is 388 g/mol. The van der Waals surface area contributed by atoms with E-state index >= 15 is 0 Å². The number of anilines is 1. The van der Waals surface area contributed by atoms with Gasteiger partial charge in [-0.3, -0.25) is 4.79 Å². The predicted octanol–water partition coefficient (Wildman–Crippen LogP) is 2.19. The smallest absolute Gasteiger partial charge is 0.282 e. The van der Waals surface area contributed by atoms with Gasteiger partial charge in [0.2, 0.25) is 0 Å². The molecule has 0 radical (unpaired) electrons. The first-order chi connectivity index (χ1) is 13.5. The number of nitrogens with one attached hydrogen (secondary N) is 2. The lowest BCUT2D eigenvalue weighted by Gasteiger charge is -2.21. The highest BCUT2D eigenvalue weighted by Gasteiger charge is 2.21. The normalized spacial score (nSPS) is 12.8. The van der Waals surface area contributed by atoms with Gasteiger partial charge in [0, 0.05) is 12.1 Å². The Labute approximate surface area is 167 Å². The van der Waals surface area contributed by atoms with Crippen LogP contribution in [0.3, 0.4) is 0 Å². The molecule has 2 rings (SSSR count). The summed E-state index contributed by atoms with van der Waals surface area (Å²) in [7, 11) is 5.29. The van der Waals surface area contributed by atoms with Crippen molar-refractivity contribution in [2.75, 3.05) is 39.7 Å². The Hall–Kier alpha value is -2.73. The van der Waals surface area contributed by atoms with Crippen molar-refractivity contribution in [3.63, 3.8) is 0 Å². The molecule has 0 aromatic heterocycles. The topological polar surface area (TPSA) is 61.2 Å². The Bertz CT molecular complexity index is 762. The van der Waals surface area contributed by atoms with Crippen LogP contribution in [-0.4, -0.2) is 46.4 Å². The van der Waals surface area contributed by atoms with Crippen molar-refractivity contribution in [3.8, 4) is 17.2 Å². The lowest BCUT2D eigenvalue weighted by atomic mass is 10.1. The van der Waals surface area contributed by atoms with E-state index in [0.29, 0.717) is 6.61 Å². The predicted molar refractivity (Wildman–Crippen MR) is 111 cm³/mol. The van der Waals surface area contributed by atoms with Crippen LogP contribution in [0.2, 0.25) is 0 Å². The summed E-state index contributed by atoms with van der Waals surface area (Å²) in [6.45, 7) is 5.33. The summed E-state index contributed by atoms with van der Waals surface area (Å²) in [4.78, 5) is 13.7. The maximum Gasteiger partial charge on any atom is 0.282 e. The SMILES string of the molecule is CCOc1ccc(NC(=O)[C@H](C)[NH+](C)CCc2ccc(OC)c(OC)c2)cc1. The summed E-state index contributed by atoms with van der Waals surface area (Å²) < 4.78 is 16.1. The maximum absolute atomic E-state index is 12.6. The van der Waals surface area contributed by atoms with E-state index in [1.807, 2.05) is 63.4 Å². The Kier molecular flexibility index (Phi) is 8.14. The third-order valence-corrected chi connectivity index (χ3v) is 4.82. The number of quaternary nitrogens is 1. The van der Waals surface area contributed by atoms with Gasteiger partial charge in [0.05, 0.1) is 34.4 Å². The highest BCUT2D eigenvalue weighted by atomic mass is 16.5.